The Labute approximate surface area is 205 Å². The molecule has 3 aliphatic rings. The number of fused-ring (bicyclic) bond motifs is 1. The first-order valence-corrected chi connectivity index (χ1v) is 12.8. The van der Waals surface area contributed by atoms with Gasteiger partial charge < -0.3 is 19.3 Å². The van der Waals surface area contributed by atoms with Crippen LogP contribution in [0, 0.1) is 5.92 Å². The molecule has 35 heavy (non-hydrogen) atoms. The zero-order valence-corrected chi connectivity index (χ0v) is 19.8. The fourth-order valence-corrected chi connectivity index (χ4v) is 5.33. The van der Waals surface area contributed by atoms with Crippen LogP contribution in [0.15, 0.2) is 48.5 Å². The predicted molar refractivity (Wildman–Crippen MR) is 132 cm³/mol. The fourth-order valence-electron chi connectivity index (χ4n) is 5.33. The predicted octanol–water partition coefficient (Wildman–Crippen LogP) is 5.83. The minimum absolute atomic E-state index is 0.116. The number of nitrogens with zero attached hydrogens (tertiary/aromatic N) is 1. The van der Waals surface area contributed by atoms with E-state index in [1.54, 1.807) is 0 Å². The number of aromatic nitrogens is 1. The normalized spacial score (nSPS) is 22.5. The number of hydrogen-bond donors (Lipinski definition) is 1. The van der Waals surface area contributed by atoms with Crippen LogP contribution in [0.5, 0.6) is 11.6 Å². The Balaban J connectivity index is 1.37. The highest BCUT2D eigenvalue weighted by Crippen LogP contribution is 2.49. The van der Waals surface area contributed by atoms with Crippen LogP contribution in [-0.4, -0.2) is 35.4 Å². The third kappa shape index (κ3) is 4.72. The third-order valence-corrected chi connectivity index (χ3v) is 7.57. The molecule has 1 aromatic heterocycles. The van der Waals surface area contributed by atoms with Crippen molar-refractivity contribution in [3.8, 4) is 11.6 Å². The molecule has 6 heteroatoms. The summed E-state index contributed by atoms with van der Waals surface area (Å²) in [5.41, 5.74) is 3.64. The number of rotatable bonds is 8. The molecule has 0 spiro atoms. The molecule has 182 valence electrons. The lowest BCUT2D eigenvalue weighted by Gasteiger charge is -2.33. The van der Waals surface area contributed by atoms with Crippen molar-refractivity contribution in [3.63, 3.8) is 0 Å². The van der Waals surface area contributed by atoms with Crippen LogP contribution in [0.1, 0.15) is 67.2 Å². The van der Waals surface area contributed by atoms with Crippen LogP contribution in [0.25, 0.3) is 10.8 Å². The summed E-state index contributed by atoms with van der Waals surface area (Å²) in [4.78, 5) is 16.5. The Morgan fingerprint density at radius 3 is 2.46 bits per heavy atom. The first-order chi connectivity index (χ1) is 17.2. The van der Waals surface area contributed by atoms with Crippen molar-refractivity contribution in [1.29, 1.82) is 0 Å². The quantitative estimate of drug-likeness (QED) is 0.444. The van der Waals surface area contributed by atoms with E-state index in [1.165, 1.54) is 23.8 Å². The summed E-state index contributed by atoms with van der Waals surface area (Å²) in [6.45, 7) is 2.02. The van der Waals surface area contributed by atoms with Gasteiger partial charge in [0, 0.05) is 24.5 Å². The van der Waals surface area contributed by atoms with E-state index in [1.807, 2.05) is 24.3 Å². The Kier molecular flexibility index (Phi) is 6.06. The van der Waals surface area contributed by atoms with Crippen molar-refractivity contribution in [3.05, 3.63) is 65.4 Å². The van der Waals surface area contributed by atoms with E-state index in [0.717, 1.165) is 48.4 Å². The fraction of sp³-hybridized carbons (Fsp3) is 0.448. The molecule has 0 amide bonds. The highest BCUT2D eigenvalue weighted by Gasteiger charge is 2.38. The number of aliphatic carboxylic acids is 1. The number of benzene rings is 2. The van der Waals surface area contributed by atoms with Crippen LogP contribution < -0.4 is 9.47 Å². The number of carboxylic acids is 1. The van der Waals surface area contributed by atoms with Gasteiger partial charge in [-0.15, -0.1) is 0 Å². The number of pyridine rings is 1. The molecule has 0 bridgehead atoms. The zero-order chi connectivity index (χ0) is 23.8. The lowest BCUT2D eigenvalue weighted by molar-refractivity contribution is -0.148. The summed E-state index contributed by atoms with van der Waals surface area (Å²) >= 11 is 0. The maximum Gasteiger partial charge on any atom is 0.306 e. The topological polar surface area (TPSA) is 77.9 Å². The van der Waals surface area contributed by atoms with E-state index in [-0.39, 0.29) is 12.0 Å². The third-order valence-electron chi connectivity index (χ3n) is 7.57. The molecule has 2 aliphatic carbocycles. The highest BCUT2D eigenvalue weighted by molar-refractivity contribution is 5.92. The van der Waals surface area contributed by atoms with E-state index >= 15 is 0 Å². The van der Waals surface area contributed by atoms with Gasteiger partial charge in [-0.2, -0.15) is 0 Å². The molecule has 1 aliphatic heterocycles. The smallest absolute Gasteiger partial charge is 0.306 e. The van der Waals surface area contributed by atoms with E-state index in [9.17, 15) is 9.90 Å². The van der Waals surface area contributed by atoms with Gasteiger partial charge in [0.1, 0.15) is 18.5 Å². The molecule has 0 unspecified atom stereocenters. The summed E-state index contributed by atoms with van der Waals surface area (Å²) in [6, 6.07) is 16.4. The second-order valence-corrected chi connectivity index (χ2v) is 10.1. The first-order valence-electron chi connectivity index (χ1n) is 12.8. The van der Waals surface area contributed by atoms with Crippen LogP contribution in [-0.2, 0) is 16.1 Å². The van der Waals surface area contributed by atoms with Gasteiger partial charge in [0.2, 0.25) is 5.88 Å². The maximum absolute atomic E-state index is 11.3. The van der Waals surface area contributed by atoms with Gasteiger partial charge in [-0.05, 0) is 73.1 Å². The van der Waals surface area contributed by atoms with Crippen LogP contribution >= 0.6 is 0 Å². The maximum atomic E-state index is 11.3. The minimum atomic E-state index is -0.744. The van der Waals surface area contributed by atoms with Gasteiger partial charge in [-0.1, -0.05) is 36.4 Å². The molecule has 2 saturated carbocycles. The summed E-state index contributed by atoms with van der Waals surface area (Å²) in [5.74, 6) is 1.25. The number of ether oxygens (including phenoxy) is 3. The molecule has 6 nitrogen and oxygen atoms in total. The number of hydrogen-bond acceptors (Lipinski definition) is 5. The molecule has 0 atom stereocenters. The Morgan fingerprint density at radius 2 is 1.74 bits per heavy atom. The molecular formula is C29H31NO5. The molecule has 2 heterocycles. The Bertz CT molecular complexity index is 1210. The molecule has 1 saturated heterocycles. The van der Waals surface area contributed by atoms with Crippen LogP contribution in [0.2, 0.25) is 0 Å². The van der Waals surface area contributed by atoms with Crippen LogP contribution in [0.3, 0.4) is 0 Å². The standard InChI is InChI=1S/C29H31NO5/c31-29(32)21-14-23(15-21)35-28-25-16-22(34-17-18-4-2-1-3-5-18)8-9-24(25)26(19-6-7-19)27(30-28)20-10-12-33-13-11-20/h1-5,8-9,16,19-21,23H,6-7,10-15,17H2,(H,31,32). The van der Waals surface area contributed by atoms with Crippen molar-refractivity contribution in [2.45, 2.75) is 63.1 Å². The molecule has 3 fully saturated rings. The van der Waals surface area contributed by atoms with E-state index in [2.05, 4.69) is 24.3 Å². The van der Waals surface area contributed by atoms with E-state index < -0.39 is 5.97 Å². The average molecular weight is 474 g/mol. The molecule has 1 N–H and O–H groups in total. The van der Waals surface area contributed by atoms with Gasteiger partial charge in [0.15, 0.2) is 0 Å². The van der Waals surface area contributed by atoms with Crippen molar-refractivity contribution in [2.24, 2.45) is 5.92 Å². The highest BCUT2D eigenvalue weighted by atomic mass is 16.5. The van der Waals surface area contributed by atoms with Gasteiger partial charge >= 0.3 is 5.97 Å². The Hall–Kier alpha value is -3.12. The second kappa shape index (κ2) is 9.50. The van der Waals surface area contributed by atoms with Gasteiger partial charge in [0.05, 0.1) is 11.6 Å². The van der Waals surface area contributed by atoms with Crippen molar-refractivity contribution in [1.82, 2.24) is 4.98 Å². The van der Waals surface area contributed by atoms with E-state index in [0.29, 0.717) is 37.2 Å². The van der Waals surface area contributed by atoms with Crippen LogP contribution in [0.4, 0.5) is 0 Å². The average Bonchev–Trinajstić information content (AvgIpc) is 3.70. The zero-order valence-electron chi connectivity index (χ0n) is 19.8. The number of carbonyl (C=O) groups is 1. The lowest BCUT2D eigenvalue weighted by atomic mass is 9.82. The minimum Gasteiger partial charge on any atom is -0.489 e. The van der Waals surface area contributed by atoms with Crippen molar-refractivity contribution in [2.75, 3.05) is 13.2 Å². The van der Waals surface area contributed by atoms with Crippen molar-refractivity contribution >= 4 is 16.7 Å². The summed E-state index contributed by atoms with van der Waals surface area (Å²) in [6.07, 6.45) is 5.28. The van der Waals surface area contributed by atoms with Crippen molar-refractivity contribution < 1.29 is 24.1 Å². The van der Waals surface area contributed by atoms with Gasteiger partial charge in [-0.3, -0.25) is 4.79 Å². The molecule has 3 aromatic rings. The van der Waals surface area contributed by atoms with E-state index in [4.69, 9.17) is 19.2 Å². The largest absolute Gasteiger partial charge is 0.489 e. The lowest BCUT2D eigenvalue weighted by Crippen LogP contribution is -2.38. The molecular weight excluding hydrogens is 442 g/mol. The molecule has 6 rings (SSSR count). The summed E-state index contributed by atoms with van der Waals surface area (Å²) in [7, 11) is 0. The summed E-state index contributed by atoms with van der Waals surface area (Å²) in [5, 5.41) is 11.5. The first kappa shape index (κ1) is 22.4. The van der Waals surface area contributed by atoms with Gasteiger partial charge in [-0.25, -0.2) is 4.98 Å². The second-order valence-electron chi connectivity index (χ2n) is 10.1. The molecule has 0 radical (unpaired) electrons. The SMILES string of the molecule is O=C(O)C1CC(Oc2nc(C3CCOCC3)c(C3CC3)c3ccc(OCc4ccccc4)cc23)C1. The molecule has 2 aromatic carbocycles. The summed E-state index contributed by atoms with van der Waals surface area (Å²) < 4.78 is 18.1. The monoisotopic (exact) mass is 473 g/mol. The number of carboxylic acid groups (broad SMARTS) is 1. The Morgan fingerprint density at radius 1 is 0.971 bits per heavy atom. The van der Waals surface area contributed by atoms with Gasteiger partial charge in [0.25, 0.3) is 0 Å².